The summed E-state index contributed by atoms with van der Waals surface area (Å²) in [6.07, 6.45) is 1.34. The van der Waals surface area contributed by atoms with E-state index >= 15 is 0 Å². The smallest absolute Gasteiger partial charge is 0.130 e. The number of hydrogen-bond donors (Lipinski definition) is 1. The second-order valence-corrected chi connectivity index (χ2v) is 5.26. The highest BCUT2D eigenvalue weighted by Crippen LogP contribution is 2.36. The number of aliphatic hydroxyl groups is 1. The minimum Gasteiger partial charge on any atom is -0.487 e. The van der Waals surface area contributed by atoms with E-state index in [2.05, 4.69) is 18.1 Å². The largest absolute Gasteiger partial charge is 0.487 e. The van der Waals surface area contributed by atoms with Crippen LogP contribution >= 0.6 is 0 Å². The molecule has 0 fully saturated rings. The van der Waals surface area contributed by atoms with Crippen LogP contribution in [0.15, 0.2) is 24.3 Å². The van der Waals surface area contributed by atoms with Crippen molar-refractivity contribution in [3.63, 3.8) is 0 Å². The molecule has 0 radical (unpaired) electrons. The van der Waals surface area contributed by atoms with Gasteiger partial charge in [0.2, 0.25) is 0 Å². The minimum atomic E-state index is -0.336. The third-order valence-electron chi connectivity index (χ3n) is 3.86. The van der Waals surface area contributed by atoms with Crippen LogP contribution < -0.4 is 4.74 Å². The molecule has 1 N–H and O–H groups in total. The predicted octanol–water partition coefficient (Wildman–Crippen LogP) is 2.77. The Balaban J connectivity index is 1.79. The molecular weight excluding hydrogens is 252 g/mol. The minimum absolute atomic E-state index is 0.336. The van der Waals surface area contributed by atoms with E-state index in [1.54, 1.807) is 0 Å². The highest BCUT2D eigenvalue weighted by molar-refractivity contribution is 5.44. The zero-order chi connectivity index (χ0) is 14.1. The van der Waals surface area contributed by atoms with Crippen LogP contribution in [0.5, 0.6) is 5.75 Å². The van der Waals surface area contributed by atoms with Gasteiger partial charge in [0.05, 0.1) is 17.5 Å². The van der Waals surface area contributed by atoms with Gasteiger partial charge in [0, 0.05) is 12.1 Å². The summed E-state index contributed by atoms with van der Waals surface area (Å²) < 4.78 is 7.93. The summed E-state index contributed by atoms with van der Waals surface area (Å²) in [4.78, 5) is 0. The van der Waals surface area contributed by atoms with Gasteiger partial charge in [-0.05, 0) is 44.4 Å². The molecule has 0 aliphatic heterocycles. The molecule has 1 heterocycles. The van der Waals surface area contributed by atoms with E-state index in [1.165, 1.54) is 0 Å². The Morgan fingerprint density at radius 2 is 2.30 bits per heavy atom. The first-order chi connectivity index (χ1) is 9.69. The lowest BCUT2D eigenvalue weighted by Gasteiger charge is -2.12. The van der Waals surface area contributed by atoms with Gasteiger partial charge in [-0.1, -0.05) is 12.1 Å². The van der Waals surface area contributed by atoms with Gasteiger partial charge in [-0.15, -0.1) is 0 Å². The molecule has 2 aromatic rings. The zero-order valence-corrected chi connectivity index (χ0v) is 12.0. The van der Waals surface area contributed by atoms with Crippen molar-refractivity contribution in [3.05, 3.63) is 46.8 Å². The van der Waals surface area contributed by atoms with Gasteiger partial charge in [0.15, 0.2) is 0 Å². The molecule has 0 saturated heterocycles. The van der Waals surface area contributed by atoms with E-state index in [4.69, 9.17) is 4.74 Å². The molecule has 20 heavy (non-hydrogen) atoms. The average molecular weight is 272 g/mol. The maximum absolute atomic E-state index is 9.91. The van der Waals surface area contributed by atoms with E-state index in [-0.39, 0.29) is 6.10 Å². The summed E-state index contributed by atoms with van der Waals surface area (Å²) in [6.45, 7) is 5.43. The van der Waals surface area contributed by atoms with Crippen LogP contribution in [0.4, 0.5) is 0 Å². The number of fused-ring (bicyclic) bond motifs is 1. The Morgan fingerprint density at radius 1 is 1.45 bits per heavy atom. The third-order valence-corrected chi connectivity index (χ3v) is 3.86. The van der Waals surface area contributed by atoms with Crippen molar-refractivity contribution in [1.82, 2.24) is 9.78 Å². The molecule has 0 spiro atoms. The molecule has 0 saturated carbocycles. The lowest BCUT2D eigenvalue weighted by atomic mass is 10.1. The summed E-state index contributed by atoms with van der Waals surface area (Å²) in [5.74, 6) is 0.889. The molecule has 106 valence electrons. The van der Waals surface area contributed by atoms with Crippen LogP contribution in [0.3, 0.4) is 0 Å². The molecule has 1 atom stereocenters. The van der Waals surface area contributed by atoms with Crippen LogP contribution in [-0.4, -0.2) is 14.9 Å². The van der Waals surface area contributed by atoms with Crippen molar-refractivity contribution < 1.29 is 9.84 Å². The normalized spacial score (nSPS) is 17.2. The maximum atomic E-state index is 9.91. The molecule has 0 bridgehead atoms. The van der Waals surface area contributed by atoms with Gasteiger partial charge in [-0.2, -0.15) is 5.10 Å². The molecular formula is C16H20N2O2. The average Bonchev–Trinajstić information content (AvgIpc) is 3.00. The van der Waals surface area contributed by atoms with Crippen LogP contribution in [0.2, 0.25) is 0 Å². The first-order valence-corrected chi connectivity index (χ1v) is 7.15. The summed E-state index contributed by atoms with van der Waals surface area (Å²) in [5, 5.41) is 14.3. The Bertz CT molecular complexity index is 619. The molecule has 3 rings (SSSR count). The van der Waals surface area contributed by atoms with E-state index in [0.29, 0.717) is 6.61 Å². The lowest BCUT2D eigenvalue weighted by Crippen LogP contribution is -2.07. The number of aromatic nitrogens is 2. The SMILES string of the molecule is CCn1nc(C)cc1COc1cccc2c1CCC2O. The monoisotopic (exact) mass is 272 g/mol. The quantitative estimate of drug-likeness (QED) is 0.931. The van der Waals surface area contributed by atoms with Crippen LogP contribution in [-0.2, 0) is 19.6 Å². The predicted molar refractivity (Wildman–Crippen MR) is 76.7 cm³/mol. The Kier molecular flexibility index (Phi) is 3.49. The third kappa shape index (κ3) is 2.31. The van der Waals surface area contributed by atoms with Gasteiger partial charge >= 0.3 is 0 Å². The standard InChI is InChI=1S/C16H20N2O2/c1-3-18-12(9-11(2)17-18)10-20-16-6-4-5-13-14(16)7-8-15(13)19/h4-6,9,15,19H,3,7-8,10H2,1-2H3. The zero-order valence-electron chi connectivity index (χ0n) is 12.0. The van der Waals surface area contributed by atoms with Crippen molar-refractivity contribution in [2.24, 2.45) is 0 Å². The summed E-state index contributed by atoms with van der Waals surface area (Å²) >= 11 is 0. The number of aliphatic hydroxyl groups excluding tert-OH is 1. The summed E-state index contributed by atoms with van der Waals surface area (Å²) in [6, 6.07) is 7.98. The topological polar surface area (TPSA) is 47.3 Å². The van der Waals surface area contributed by atoms with E-state index < -0.39 is 0 Å². The molecule has 0 amide bonds. The fourth-order valence-electron chi connectivity index (χ4n) is 2.87. The number of benzene rings is 1. The molecule has 4 heteroatoms. The molecule has 1 aromatic carbocycles. The van der Waals surface area contributed by atoms with Crippen molar-refractivity contribution in [1.29, 1.82) is 0 Å². The van der Waals surface area contributed by atoms with E-state index in [0.717, 1.165) is 47.7 Å². The van der Waals surface area contributed by atoms with Gasteiger partial charge in [0.25, 0.3) is 0 Å². The van der Waals surface area contributed by atoms with Gasteiger partial charge < -0.3 is 9.84 Å². The van der Waals surface area contributed by atoms with Gasteiger partial charge in [-0.3, -0.25) is 4.68 Å². The number of ether oxygens (including phenoxy) is 1. The highest BCUT2D eigenvalue weighted by atomic mass is 16.5. The van der Waals surface area contributed by atoms with Crippen molar-refractivity contribution >= 4 is 0 Å². The number of aryl methyl sites for hydroxylation is 2. The molecule has 1 aromatic heterocycles. The number of nitrogens with zero attached hydrogens (tertiary/aromatic N) is 2. The second-order valence-electron chi connectivity index (χ2n) is 5.26. The lowest BCUT2D eigenvalue weighted by molar-refractivity contribution is 0.180. The molecule has 1 aliphatic rings. The van der Waals surface area contributed by atoms with Gasteiger partial charge in [0.1, 0.15) is 12.4 Å². The van der Waals surface area contributed by atoms with Crippen molar-refractivity contribution in [2.75, 3.05) is 0 Å². The summed E-state index contributed by atoms with van der Waals surface area (Å²) in [7, 11) is 0. The van der Waals surface area contributed by atoms with Crippen molar-refractivity contribution in [2.45, 2.75) is 45.9 Å². The first kappa shape index (κ1) is 13.2. The van der Waals surface area contributed by atoms with Gasteiger partial charge in [-0.25, -0.2) is 0 Å². The molecule has 1 unspecified atom stereocenters. The first-order valence-electron chi connectivity index (χ1n) is 7.15. The van der Waals surface area contributed by atoms with Crippen LogP contribution in [0.1, 0.15) is 42.0 Å². The maximum Gasteiger partial charge on any atom is 0.130 e. The number of hydrogen-bond acceptors (Lipinski definition) is 3. The molecule has 1 aliphatic carbocycles. The Hall–Kier alpha value is -1.81. The Morgan fingerprint density at radius 3 is 3.10 bits per heavy atom. The van der Waals surface area contributed by atoms with Crippen LogP contribution in [0.25, 0.3) is 0 Å². The van der Waals surface area contributed by atoms with E-state index in [9.17, 15) is 5.11 Å². The Labute approximate surface area is 119 Å². The fraction of sp³-hybridized carbons (Fsp3) is 0.438. The van der Waals surface area contributed by atoms with Crippen molar-refractivity contribution in [3.8, 4) is 5.75 Å². The fourth-order valence-corrected chi connectivity index (χ4v) is 2.87. The van der Waals surface area contributed by atoms with Crippen LogP contribution in [0, 0.1) is 6.92 Å². The number of rotatable bonds is 4. The highest BCUT2D eigenvalue weighted by Gasteiger charge is 2.23. The molecule has 4 nitrogen and oxygen atoms in total. The van der Waals surface area contributed by atoms with E-state index in [1.807, 2.05) is 29.8 Å². The summed E-state index contributed by atoms with van der Waals surface area (Å²) in [5.41, 5.74) is 4.27. The second kappa shape index (κ2) is 5.29.